The summed E-state index contributed by atoms with van der Waals surface area (Å²) in [6.07, 6.45) is 2.05. The number of ether oxygens (including phenoxy) is 2. The van der Waals surface area contributed by atoms with Gasteiger partial charge in [-0.1, -0.05) is 18.2 Å². The van der Waals surface area contributed by atoms with Crippen molar-refractivity contribution >= 4 is 9.84 Å². The molecule has 1 aliphatic carbocycles. The average molecular weight is 282 g/mol. The molecule has 1 heterocycles. The minimum absolute atomic E-state index is 0.0639. The molecule has 0 aromatic heterocycles. The third-order valence-electron chi connectivity index (χ3n) is 3.91. The molecule has 2 aliphatic rings. The van der Waals surface area contributed by atoms with Crippen LogP contribution >= 0.6 is 0 Å². The number of benzene rings is 1. The van der Waals surface area contributed by atoms with E-state index in [9.17, 15) is 8.42 Å². The number of hydrogen-bond acceptors (Lipinski definition) is 4. The molecule has 3 rings (SSSR count). The molecule has 0 spiro atoms. The molecular formula is C14H18O4S. The largest absolute Gasteiger partial charge is 0.373 e. The Bertz CT molecular complexity index is 524. The Labute approximate surface area is 113 Å². The molecule has 5 heteroatoms. The van der Waals surface area contributed by atoms with Gasteiger partial charge in [-0.2, -0.15) is 0 Å². The Hall–Kier alpha value is -0.910. The predicted octanol–water partition coefficient (Wildman–Crippen LogP) is 1.80. The highest BCUT2D eigenvalue weighted by molar-refractivity contribution is 7.92. The van der Waals surface area contributed by atoms with Crippen LogP contribution in [0.3, 0.4) is 0 Å². The third kappa shape index (κ3) is 2.42. The predicted molar refractivity (Wildman–Crippen MR) is 70.7 cm³/mol. The molecule has 1 saturated heterocycles. The van der Waals surface area contributed by atoms with E-state index in [1.807, 2.05) is 6.07 Å². The van der Waals surface area contributed by atoms with Gasteiger partial charge in [0.2, 0.25) is 0 Å². The lowest BCUT2D eigenvalue weighted by Crippen LogP contribution is -2.51. The Balaban J connectivity index is 1.91. The molecule has 1 aliphatic heterocycles. The van der Waals surface area contributed by atoms with Crippen molar-refractivity contribution in [1.82, 2.24) is 0 Å². The van der Waals surface area contributed by atoms with E-state index >= 15 is 0 Å². The van der Waals surface area contributed by atoms with Gasteiger partial charge in [-0.15, -0.1) is 0 Å². The zero-order valence-corrected chi connectivity index (χ0v) is 11.5. The topological polar surface area (TPSA) is 52.6 Å². The van der Waals surface area contributed by atoms with Gasteiger partial charge in [-0.05, 0) is 31.4 Å². The van der Waals surface area contributed by atoms with Crippen molar-refractivity contribution in [3.63, 3.8) is 0 Å². The fourth-order valence-electron chi connectivity index (χ4n) is 2.98. The Morgan fingerprint density at radius 3 is 2.53 bits per heavy atom. The lowest BCUT2D eigenvalue weighted by molar-refractivity contribution is -0.151. The fourth-order valence-corrected chi connectivity index (χ4v) is 4.95. The second-order valence-electron chi connectivity index (χ2n) is 5.07. The van der Waals surface area contributed by atoms with Gasteiger partial charge in [-0.3, -0.25) is 0 Å². The maximum atomic E-state index is 12.7. The van der Waals surface area contributed by atoms with Crippen LogP contribution in [0.4, 0.5) is 0 Å². The lowest BCUT2D eigenvalue weighted by atomic mass is 9.93. The van der Waals surface area contributed by atoms with Crippen LogP contribution in [-0.2, 0) is 19.3 Å². The fraction of sp³-hybridized carbons (Fsp3) is 0.571. The van der Waals surface area contributed by atoms with Crippen molar-refractivity contribution < 1.29 is 17.9 Å². The molecule has 1 aromatic rings. The quantitative estimate of drug-likeness (QED) is 0.830. The van der Waals surface area contributed by atoms with Gasteiger partial charge in [0.05, 0.1) is 29.5 Å². The highest BCUT2D eigenvalue weighted by atomic mass is 32.2. The molecule has 4 nitrogen and oxygen atoms in total. The Morgan fingerprint density at radius 2 is 1.74 bits per heavy atom. The normalized spacial score (nSPS) is 31.7. The van der Waals surface area contributed by atoms with Crippen molar-refractivity contribution in [2.24, 2.45) is 0 Å². The van der Waals surface area contributed by atoms with Gasteiger partial charge in [-0.25, -0.2) is 8.42 Å². The summed E-state index contributed by atoms with van der Waals surface area (Å²) >= 11 is 0. The highest BCUT2D eigenvalue weighted by Crippen LogP contribution is 2.33. The van der Waals surface area contributed by atoms with Gasteiger partial charge < -0.3 is 9.47 Å². The van der Waals surface area contributed by atoms with Crippen molar-refractivity contribution in [3.05, 3.63) is 30.3 Å². The van der Waals surface area contributed by atoms with Gasteiger partial charge in [0.25, 0.3) is 0 Å². The van der Waals surface area contributed by atoms with Gasteiger partial charge >= 0.3 is 0 Å². The zero-order valence-electron chi connectivity index (χ0n) is 10.7. The standard InChI is InChI=1S/C14H18O4S/c15-19(16,11-5-2-1-3-6-11)13-8-4-7-12-14(13)18-10-9-17-12/h1-3,5-6,12-14H,4,7-10H2. The summed E-state index contributed by atoms with van der Waals surface area (Å²) in [5.74, 6) is 0. The second-order valence-corrected chi connectivity index (χ2v) is 7.24. The number of sulfone groups is 1. The van der Waals surface area contributed by atoms with E-state index in [1.165, 1.54) is 0 Å². The summed E-state index contributed by atoms with van der Waals surface area (Å²) in [7, 11) is -3.34. The van der Waals surface area contributed by atoms with Crippen LogP contribution in [0.15, 0.2) is 35.2 Å². The summed E-state index contributed by atoms with van der Waals surface area (Å²) < 4.78 is 36.8. The Kier molecular flexibility index (Phi) is 3.60. The van der Waals surface area contributed by atoms with Crippen LogP contribution in [0, 0.1) is 0 Å². The maximum Gasteiger partial charge on any atom is 0.183 e. The molecule has 0 amide bonds. The minimum atomic E-state index is -3.34. The van der Waals surface area contributed by atoms with Crippen LogP contribution in [-0.4, -0.2) is 39.1 Å². The first-order chi connectivity index (χ1) is 9.19. The molecule has 2 fully saturated rings. The summed E-state index contributed by atoms with van der Waals surface area (Å²) in [5.41, 5.74) is 0. The first-order valence-electron chi connectivity index (χ1n) is 6.72. The van der Waals surface area contributed by atoms with Gasteiger partial charge in [0.15, 0.2) is 9.84 Å². The number of hydrogen-bond donors (Lipinski definition) is 0. The summed E-state index contributed by atoms with van der Waals surface area (Å²) in [6.45, 7) is 1.06. The van der Waals surface area contributed by atoms with E-state index in [1.54, 1.807) is 24.3 Å². The number of fused-ring (bicyclic) bond motifs is 1. The van der Waals surface area contributed by atoms with E-state index in [0.29, 0.717) is 24.5 Å². The third-order valence-corrected chi connectivity index (χ3v) is 6.14. The molecule has 1 aromatic carbocycles. The first-order valence-corrected chi connectivity index (χ1v) is 8.26. The molecule has 3 atom stereocenters. The zero-order chi connectivity index (χ0) is 13.3. The molecule has 0 radical (unpaired) electrons. The molecule has 104 valence electrons. The maximum absolute atomic E-state index is 12.7. The molecule has 0 bridgehead atoms. The van der Waals surface area contributed by atoms with Crippen LogP contribution in [0.5, 0.6) is 0 Å². The van der Waals surface area contributed by atoms with E-state index in [4.69, 9.17) is 9.47 Å². The molecule has 3 unspecified atom stereocenters. The van der Waals surface area contributed by atoms with E-state index in [2.05, 4.69) is 0 Å². The van der Waals surface area contributed by atoms with E-state index in [-0.39, 0.29) is 12.2 Å². The van der Waals surface area contributed by atoms with Crippen molar-refractivity contribution in [2.45, 2.75) is 41.6 Å². The van der Waals surface area contributed by atoms with E-state index in [0.717, 1.165) is 12.8 Å². The summed E-state index contributed by atoms with van der Waals surface area (Å²) in [6, 6.07) is 8.64. The van der Waals surface area contributed by atoms with Crippen LogP contribution < -0.4 is 0 Å². The van der Waals surface area contributed by atoms with Crippen molar-refractivity contribution in [3.8, 4) is 0 Å². The monoisotopic (exact) mass is 282 g/mol. The van der Waals surface area contributed by atoms with Crippen LogP contribution in [0.2, 0.25) is 0 Å². The number of rotatable bonds is 2. The SMILES string of the molecule is O=S(=O)(c1ccccc1)C1CCCC2OCCOC21. The van der Waals surface area contributed by atoms with Gasteiger partial charge in [0.1, 0.15) is 6.10 Å². The second kappa shape index (κ2) is 5.23. The minimum Gasteiger partial charge on any atom is -0.373 e. The molecule has 19 heavy (non-hydrogen) atoms. The highest BCUT2D eigenvalue weighted by Gasteiger charge is 2.44. The first kappa shape index (κ1) is 13.1. The lowest BCUT2D eigenvalue weighted by Gasteiger charge is -2.40. The van der Waals surface area contributed by atoms with Crippen LogP contribution in [0.25, 0.3) is 0 Å². The smallest absolute Gasteiger partial charge is 0.183 e. The molecule has 1 saturated carbocycles. The Morgan fingerprint density at radius 1 is 1.00 bits per heavy atom. The van der Waals surface area contributed by atoms with E-state index < -0.39 is 15.1 Å². The average Bonchev–Trinajstić information content (AvgIpc) is 2.47. The molecular weight excluding hydrogens is 264 g/mol. The van der Waals surface area contributed by atoms with Crippen molar-refractivity contribution in [1.29, 1.82) is 0 Å². The summed E-state index contributed by atoms with van der Waals surface area (Å²) in [4.78, 5) is 0.384. The summed E-state index contributed by atoms with van der Waals surface area (Å²) in [5, 5.41) is -0.478. The molecule has 0 N–H and O–H groups in total. The van der Waals surface area contributed by atoms with Crippen molar-refractivity contribution in [2.75, 3.05) is 13.2 Å². The van der Waals surface area contributed by atoms with Crippen LogP contribution in [0.1, 0.15) is 19.3 Å². The van der Waals surface area contributed by atoms with Gasteiger partial charge in [0, 0.05) is 0 Å².